The molecule has 0 unspecified atom stereocenters. The fourth-order valence-corrected chi connectivity index (χ4v) is 2.05. The Morgan fingerprint density at radius 1 is 1.39 bits per heavy atom. The lowest BCUT2D eigenvalue weighted by molar-refractivity contribution is 0.0702. The zero-order valence-electron chi connectivity index (χ0n) is 9.24. The first-order valence-electron chi connectivity index (χ1n) is 5.11. The fourth-order valence-electron chi connectivity index (χ4n) is 1.32. The summed E-state index contributed by atoms with van der Waals surface area (Å²) in [5, 5.41) is 10.3. The summed E-state index contributed by atoms with van der Waals surface area (Å²) in [5.74, 6) is -1.24. The molecule has 0 aliphatic rings. The Labute approximate surface area is 107 Å². The molecule has 0 aliphatic carbocycles. The van der Waals surface area contributed by atoms with Crippen LogP contribution in [0.15, 0.2) is 42.0 Å². The topological polar surface area (TPSA) is 67.3 Å². The number of carboxylic acids is 1. The summed E-state index contributed by atoms with van der Waals surface area (Å²) in [6.45, 7) is 0. The first-order valence-corrected chi connectivity index (χ1v) is 5.99. The molecule has 2 aromatic rings. The molecule has 0 atom stereocenters. The Balaban J connectivity index is 2.12. The van der Waals surface area contributed by atoms with Crippen molar-refractivity contribution in [2.45, 2.75) is 0 Å². The highest BCUT2D eigenvalue weighted by molar-refractivity contribution is 7.12. The zero-order valence-corrected chi connectivity index (χ0v) is 10.1. The number of carboxylic acid groups (broad SMARTS) is 1. The Bertz CT molecular complexity index is 602. The van der Waals surface area contributed by atoms with Gasteiger partial charge in [-0.25, -0.2) is 4.79 Å². The summed E-state index contributed by atoms with van der Waals surface area (Å²) < 4.78 is 0. The van der Waals surface area contributed by atoms with Gasteiger partial charge in [0.1, 0.15) is 4.88 Å². The van der Waals surface area contributed by atoms with Crippen molar-refractivity contribution < 1.29 is 14.7 Å². The number of thiophene rings is 1. The molecule has 0 bridgehead atoms. The molecule has 0 amide bonds. The van der Waals surface area contributed by atoms with E-state index in [2.05, 4.69) is 4.98 Å². The number of hydrogen-bond acceptors (Lipinski definition) is 4. The standard InChI is InChI=1S/C13H9NO3S/c15-11(4-3-9-2-1-5-14-7-9)10-6-12(13(16)17)18-8-10/h1-8H,(H,16,17)/b4-3+. The van der Waals surface area contributed by atoms with Gasteiger partial charge in [-0.3, -0.25) is 9.78 Å². The van der Waals surface area contributed by atoms with E-state index < -0.39 is 5.97 Å². The minimum atomic E-state index is -1.02. The molecule has 2 rings (SSSR count). The van der Waals surface area contributed by atoms with Gasteiger partial charge in [0.25, 0.3) is 0 Å². The molecule has 0 aromatic carbocycles. The maximum atomic E-state index is 11.8. The monoisotopic (exact) mass is 259 g/mol. The Kier molecular flexibility index (Phi) is 3.64. The van der Waals surface area contributed by atoms with Crippen LogP contribution in [0.4, 0.5) is 0 Å². The van der Waals surface area contributed by atoms with E-state index in [4.69, 9.17) is 5.11 Å². The minimum Gasteiger partial charge on any atom is -0.477 e. The smallest absolute Gasteiger partial charge is 0.345 e. The van der Waals surface area contributed by atoms with E-state index in [0.29, 0.717) is 5.56 Å². The first-order chi connectivity index (χ1) is 8.66. The van der Waals surface area contributed by atoms with Crippen molar-refractivity contribution in [1.82, 2.24) is 4.98 Å². The van der Waals surface area contributed by atoms with Crippen LogP contribution in [0.3, 0.4) is 0 Å². The van der Waals surface area contributed by atoms with Crippen LogP contribution in [0.2, 0.25) is 0 Å². The van der Waals surface area contributed by atoms with E-state index in [9.17, 15) is 9.59 Å². The van der Waals surface area contributed by atoms with E-state index in [0.717, 1.165) is 16.9 Å². The molecular weight excluding hydrogens is 250 g/mol. The molecule has 2 aromatic heterocycles. The first kappa shape index (κ1) is 12.2. The van der Waals surface area contributed by atoms with Gasteiger partial charge in [0.15, 0.2) is 5.78 Å². The van der Waals surface area contributed by atoms with Crippen LogP contribution in [0.5, 0.6) is 0 Å². The lowest BCUT2D eigenvalue weighted by Crippen LogP contribution is -1.93. The zero-order chi connectivity index (χ0) is 13.0. The third kappa shape index (κ3) is 2.89. The van der Waals surface area contributed by atoms with Crippen LogP contribution >= 0.6 is 11.3 Å². The Hall–Kier alpha value is -2.27. The number of aromatic nitrogens is 1. The predicted octanol–water partition coefficient (Wildman–Crippen LogP) is 2.74. The summed E-state index contributed by atoms with van der Waals surface area (Å²) in [6.07, 6.45) is 6.34. The number of rotatable bonds is 4. The molecule has 0 saturated heterocycles. The molecule has 1 N–H and O–H groups in total. The van der Waals surface area contributed by atoms with Gasteiger partial charge in [-0.1, -0.05) is 6.07 Å². The number of aromatic carboxylic acids is 1. The number of carbonyl (C=O) groups excluding carboxylic acids is 1. The highest BCUT2D eigenvalue weighted by atomic mass is 32.1. The quantitative estimate of drug-likeness (QED) is 0.677. The summed E-state index contributed by atoms with van der Waals surface area (Å²) in [4.78, 5) is 26.5. The van der Waals surface area contributed by atoms with Crippen LogP contribution in [0, 0.1) is 0 Å². The molecule has 2 heterocycles. The van der Waals surface area contributed by atoms with E-state index in [-0.39, 0.29) is 10.7 Å². The summed E-state index contributed by atoms with van der Waals surface area (Å²) in [5.41, 5.74) is 1.21. The molecular formula is C13H9NO3S. The number of allylic oxidation sites excluding steroid dienone is 1. The number of pyridine rings is 1. The van der Waals surface area contributed by atoms with Crippen molar-refractivity contribution in [2.24, 2.45) is 0 Å². The molecule has 5 heteroatoms. The number of ketones is 1. The van der Waals surface area contributed by atoms with E-state index in [1.807, 2.05) is 6.07 Å². The summed E-state index contributed by atoms with van der Waals surface area (Å²) in [7, 11) is 0. The van der Waals surface area contributed by atoms with E-state index >= 15 is 0 Å². The van der Waals surface area contributed by atoms with Crippen molar-refractivity contribution in [3.8, 4) is 0 Å². The summed E-state index contributed by atoms with van der Waals surface area (Å²) in [6, 6.07) is 4.98. The van der Waals surface area contributed by atoms with Gasteiger partial charge in [0.05, 0.1) is 0 Å². The second kappa shape index (κ2) is 5.37. The van der Waals surface area contributed by atoms with Gasteiger partial charge in [-0.05, 0) is 29.8 Å². The second-order valence-electron chi connectivity index (χ2n) is 3.49. The second-order valence-corrected chi connectivity index (χ2v) is 4.40. The van der Waals surface area contributed by atoms with E-state index in [1.54, 1.807) is 29.9 Å². The highest BCUT2D eigenvalue weighted by Crippen LogP contribution is 2.15. The number of carbonyl (C=O) groups is 2. The average molecular weight is 259 g/mol. The minimum absolute atomic E-state index is 0.160. The maximum absolute atomic E-state index is 11.8. The fraction of sp³-hybridized carbons (Fsp3) is 0. The van der Waals surface area contributed by atoms with E-state index in [1.165, 1.54) is 12.1 Å². The predicted molar refractivity (Wildman–Crippen MR) is 68.9 cm³/mol. The molecule has 0 radical (unpaired) electrons. The van der Waals surface area contributed by atoms with Gasteiger partial charge in [0, 0.05) is 23.3 Å². The number of nitrogens with zero attached hydrogens (tertiary/aromatic N) is 1. The van der Waals surface area contributed by atoms with Gasteiger partial charge in [0.2, 0.25) is 0 Å². The third-order valence-electron chi connectivity index (χ3n) is 2.21. The van der Waals surface area contributed by atoms with Crippen molar-refractivity contribution >= 4 is 29.2 Å². The summed E-state index contributed by atoms with van der Waals surface area (Å²) >= 11 is 1.04. The maximum Gasteiger partial charge on any atom is 0.345 e. The van der Waals surface area contributed by atoms with Crippen molar-refractivity contribution in [3.63, 3.8) is 0 Å². The normalized spacial score (nSPS) is 10.7. The van der Waals surface area contributed by atoms with Crippen LogP contribution in [0.25, 0.3) is 6.08 Å². The Morgan fingerprint density at radius 2 is 2.22 bits per heavy atom. The largest absolute Gasteiger partial charge is 0.477 e. The van der Waals surface area contributed by atoms with Crippen LogP contribution in [0.1, 0.15) is 25.6 Å². The van der Waals surface area contributed by atoms with Gasteiger partial charge < -0.3 is 5.11 Å². The molecule has 0 fully saturated rings. The van der Waals surface area contributed by atoms with Crippen LogP contribution in [-0.2, 0) is 0 Å². The molecule has 0 saturated carbocycles. The molecule has 0 aliphatic heterocycles. The lowest BCUT2D eigenvalue weighted by Gasteiger charge is -1.91. The molecule has 4 nitrogen and oxygen atoms in total. The van der Waals surface area contributed by atoms with Gasteiger partial charge in [-0.15, -0.1) is 11.3 Å². The lowest BCUT2D eigenvalue weighted by atomic mass is 10.1. The molecule has 0 spiro atoms. The third-order valence-corrected chi connectivity index (χ3v) is 3.12. The van der Waals surface area contributed by atoms with Gasteiger partial charge >= 0.3 is 5.97 Å². The molecule has 18 heavy (non-hydrogen) atoms. The molecule has 90 valence electrons. The van der Waals surface area contributed by atoms with Crippen molar-refractivity contribution in [1.29, 1.82) is 0 Å². The average Bonchev–Trinajstić information content (AvgIpc) is 2.87. The SMILES string of the molecule is O=C(/C=C/c1cccnc1)c1csc(C(=O)O)c1. The van der Waals surface area contributed by atoms with Crippen LogP contribution in [-0.4, -0.2) is 21.8 Å². The van der Waals surface area contributed by atoms with Gasteiger partial charge in [-0.2, -0.15) is 0 Å². The van der Waals surface area contributed by atoms with Crippen molar-refractivity contribution in [3.05, 3.63) is 58.1 Å². The number of hydrogen-bond donors (Lipinski definition) is 1. The van der Waals surface area contributed by atoms with Crippen LogP contribution < -0.4 is 0 Å². The Morgan fingerprint density at radius 3 is 2.83 bits per heavy atom. The highest BCUT2D eigenvalue weighted by Gasteiger charge is 2.10. The van der Waals surface area contributed by atoms with Crippen molar-refractivity contribution in [2.75, 3.05) is 0 Å².